The molecule has 1 aromatic rings. The molecule has 0 radical (unpaired) electrons. The number of benzene rings is 1. The van der Waals surface area contributed by atoms with Gasteiger partial charge in [-0.05, 0) is 28.4 Å². The highest BCUT2D eigenvalue weighted by molar-refractivity contribution is 7.45. The molecule has 0 unspecified atom stereocenters. The van der Waals surface area contributed by atoms with Gasteiger partial charge in [-0.3, -0.25) is 0 Å². The van der Waals surface area contributed by atoms with E-state index in [-0.39, 0.29) is 16.2 Å². The van der Waals surface area contributed by atoms with Crippen molar-refractivity contribution in [1.82, 2.24) is 0 Å². The van der Waals surface area contributed by atoms with Gasteiger partial charge in [-0.25, -0.2) is 4.57 Å². The van der Waals surface area contributed by atoms with Crippen LogP contribution in [0.2, 0.25) is 0 Å². The summed E-state index contributed by atoms with van der Waals surface area (Å²) in [6.07, 6.45) is 3.57. The van der Waals surface area contributed by atoms with Gasteiger partial charge in [0.25, 0.3) is 0 Å². The Hall–Kier alpha value is -1.19. The zero-order valence-corrected chi connectivity index (χ0v) is 18.8. The van der Waals surface area contributed by atoms with Crippen LogP contribution in [0.1, 0.15) is 67.4 Å². The summed E-state index contributed by atoms with van der Waals surface area (Å²) in [6, 6.07) is 10.9. The average molecular weight is 394 g/mol. The second-order valence-corrected chi connectivity index (χ2v) is 10.8. The quantitative estimate of drug-likeness (QED) is 0.406. The molecule has 0 bridgehead atoms. The summed E-state index contributed by atoms with van der Waals surface area (Å²) in [5.41, 5.74) is 6.58. The van der Waals surface area contributed by atoms with Gasteiger partial charge in [-0.2, -0.15) is 0 Å². The summed E-state index contributed by atoms with van der Waals surface area (Å²) in [5.74, 6) is 0. The van der Waals surface area contributed by atoms with E-state index in [2.05, 4.69) is 91.8 Å². The molecule has 0 amide bonds. The molecule has 5 heteroatoms. The summed E-state index contributed by atoms with van der Waals surface area (Å²) in [7, 11) is -4.64. The van der Waals surface area contributed by atoms with Crippen LogP contribution in [-0.2, 0) is 4.57 Å². The lowest BCUT2D eigenvalue weighted by atomic mass is 9.60. The predicted octanol–water partition coefficient (Wildman–Crippen LogP) is 5.96. The second kappa shape index (κ2) is 8.05. The first kappa shape index (κ1) is 23.8. The Morgan fingerprint density at radius 3 is 1.70 bits per heavy atom. The van der Waals surface area contributed by atoms with E-state index in [1.54, 1.807) is 11.1 Å². The van der Waals surface area contributed by atoms with E-state index in [1.165, 1.54) is 11.1 Å². The summed E-state index contributed by atoms with van der Waals surface area (Å²) >= 11 is 0. The van der Waals surface area contributed by atoms with Gasteiger partial charge in [0.2, 0.25) is 0 Å². The van der Waals surface area contributed by atoms with Gasteiger partial charge >= 0.3 is 7.82 Å². The highest BCUT2D eigenvalue weighted by Gasteiger charge is 2.39. The number of allylic oxidation sites excluding steroid dienone is 4. The number of hydrogen-bond acceptors (Lipinski definition) is 1. The maximum atomic E-state index is 8.88. The van der Waals surface area contributed by atoms with Crippen molar-refractivity contribution in [1.29, 1.82) is 0 Å². The lowest BCUT2D eigenvalue weighted by Gasteiger charge is -2.44. The zero-order valence-electron chi connectivity index (χ0n) is 17.9. The van der Waals surface area contributed by atoms with Crippen LogP contribution >= 0.6 is 7.82 Å². The van der Waals surface area contributed by atoms with Gasteiger partial charge < -0.3 is 14.7 Å². The van der Waals surface area contributed by atoms with Crippen molar-refractivity contribution in [3.63, 3.8) is 0 Å². The van der Waals surface area contributed by atoms with E-state index in [9.17, 15) is 0 Å². The Labute approximate surface area is 164 Å². The molecule has 1 aliphatic rings. The van der Waals surface area contributed by atoms with E-state index in [0.717, 1.165) is 6.42 Å². The van der Waals surface area contributed by atoms with Crippen LogP contribution in [0.5, 0.6) is 0 Å². The maximum Gasteiger partial charge on any atom is 0.466 e. The molecule has 27 heavy (non-hydrogen) atoms. The number of rotatable bonds is 1. The van der Waals surface area contributed by atoms with Gasteiger partial charge in [0.15, 0.2) is 0 Å². The van der Waals surface area contributed by atoms with E-state index >= 15 is 0 Å². The van der Waals surface area contributed by atoms with E-state index in [0.29, 0.717) is 0 Å². The highest BCUT2D eigenvalue weighted by atomic mass is 31.2. The number of phosphoric acid groups is 1. The predicted molar refractivity (Wildman–Crippen MR) is 113 cm³/mol. The molecule has 3 N–H and O–H groups in total. The van der Waals surface area contributed by atoms with Crippen LogP contribution in [0.25, 0.3) is 5.57 Å². The van der Waals surface area contributed by atoms with Gasteiger partial charge in [0, 0.05) is 5.41 Å². The fourth-order valence-electron chi connectivity index (χ4n) is 4.12. The van der Waals surface area contributed by atoms with E-state index in [4.69, 9.17) is 19.2 Å². The highest BCUT2D eigenvalue weighted by Crippen LogP contribution is 2.53. The molecule has 2 rings (SSSR count). The summed E-state index contributed by atoms with van der Waals surface area (Å²) in [5, 5.41) is 0. The maximum absolute atomic E-state index is 8.88. The molecule has 0 aliphatic heterocycles. The van der Waals surface area contributed by atoms with Crippen LogP contribution in [0, 0.1) is 16.2 Å². The molecule has 0 spiro atoms. The van der Waals surface area contributed by atoms with Crippen LogP contribution in [0.4, 0.5) is 0 Å². The first-order valence-corrected chi connectivity index (χ1v) is 10.8. The molecule has 0 aromatic heterocycles. The van der Waals surface area contributed by atoms with Gasteiger partial charge in [-0.1, -0.05) is 103 Å². The van der Waals surface area contributed by atoms with Crippen molar-refractivity contribution in [3.05, 3.63) is 53.1 Å². The smallest absolute Gasteiger partial charge is 0.303 e. The first-order chi connectivity index (χ1) is 11.9. The SMILES string of the molecule is CC(C)(C)C1=C(C(C)(C)C)C(C)(C)C=C(c2ccccc2)C1.O=P(O)(O)O. The topological polar surface area (TPSA) is 77.8 Å². The summed E-state index contributed by atoms with van der Waals surface area (Å²) in [6.45, 7) is 18.9. The monoisotopic (exact) mass is 394 g/mol. The third-order valence-electron chi connectivity index (χ3n) is 4.65. The molecule has 4 nitrogen and oxygen atoms in total. The Bertz CT molecular complexity index is 745. The third-order valence-corrected chi connectivity index (χ3v) is 4.65. The summed E-state index contributed by atoms with van der Waals surface area (Å²) in [4.78, 5) is 21.6. The Kier molecular flexibility index (Phi) is 7.11. The molecule has 0 heterocycles. The summed E-state index contributed by atoms with van der Waals surface area (Å²) < 4.78 is 8.88. The minimum Gasteiger partial charge on any atom is -0.303 e. The van der Waals surface area contributed by atoms with Crippen molar-refractivity contribution in [2.45, 2.75) is 61.8 Å². The molecule has 0 saturated heterocycles. The third kappa shape index (κ3) is 7.38. The first-order valence-electron chi connectivity index (χ1n) is 9.23. The Morgan fingerprint density at radius 1 is 0.889 bits per heavy atom. The van der Waals surface area contributed by atoms with E-state index < -0.39 is 7.82 Å². The molecule has 0 atom stereocenters. The fraction of sp³-hybridized carbons (Fsp3) is 0.545. The van der Waals surface area contributed by atoms with Crippen molar-refractivity contribution in [3.8, 4) is 0 Å². The standard InChI is InChI=1S/C22H32.H3O4P/c1-20(2,3)18-14-17(16-12-10-9-11-13-16)15-22(7,8)19(18)21(4,5)6;1-5(2,3)4/h9-13,15H,14H2,1-8H3;(H3,1,2,3,4). The van der Waals surface area contributed by atoms with Crippen LogP contribution in [0.3, 0.4) is 0 Å². The van der Waals surface area contributed by atoms with Crippen LogP contribution in [0.15, 0.2) is 47.6 Å². The van der Waals surface area contributed by atoms with Crippen LogP contribution < -0.4 is 0 Å². The molecule has 1 aromatic carbocycles. The lowest BCUT2D eigenvalue weighted by Crippen LogP contribution is -2.31. The Morgan fingerprint density at radius 2 is 1.33 bits per heavy atom. The molecular formula is C22H35O4P. The number of hydrogen-bond donors (Lipinski definition) is 3. The molecule has 0 fully saturated rings. The minimum atomic E-state index is -4.64. The van der Waals surface area contributed by atoms with E-state index in [1.807, 2.05) is 0 Å². The van der Waals surface area contributed by atoms with Crippen molar-refractivity contribution in [2.75, 3.05) is 0 Å². The van der Waals surface area contributed by atoms with Gasteiger partial charge in [0.1, 0.15) is 0 Å². The lowest BCUT2D eigenvalue weighted by molar-refractivity contribution is 0.275. The zero-order chi connectivity index (χ0) is 21.3. The van der Waals surface area contributed by atoms with Gasteiger partial charge in [-0.15, -0.1) is 0 Å². The van der Waals surface area contributed by atoms with Gasteiger partial charge in [0.05, 0.1) is 0 Å². The van der Waals surface area contributed by atoms with Crippen molar-refractivity contribution < 1.29 is 19.2 Å². The second-order valence-electron chi connectivity index (χ2n) is 9.80. The molecule has 1 aliphatic carbocycles. The largest absolute Gasteiger partial charge is 0.466 e. The minimum absolute atomic E-state index is 0.101. The van der Waals surface area contributed by atoms with Crippen molar-refractivity contribution in [2.24, 2.45) is 16.2 Å². The Balaban J connectivity index is 0.000000646. The fourth-order valence-corrected chi connectivity index (χ4v) is 4.12. The normalized spacial score (nSPS) is 17.8. The molecule has 152 valence electrons. The molecule has 0 saturated carbocycles. The van der Waals surface area contributed by atoms with Crippen molar-refractivity contribution >= 4 is 13.4 Å². The molecular weight excluding hydrogens is 359 g/mol. The van der Waals surface area contributed by atoms with Crippen LogP contribution in [-0.4, -0.2) is 14.7 Å². The average Bonchev–Trinajstić information content (AvgIpc) is 2.42.